The summed E-state index contributed by atoms with van der Waals surface area (Å²) in [4.78, 5) is 0. The van der Waals surface area contributed by atoms with E-state index < -0.39 is 0 Å². The van der Waals surface area contributed by atoms with Crippen LogP contribution >= 0.6 is 0 Å². The zero-order valence-corrected chi connectivity index (χ0v) is 18.7. The van der Waals surface area contributed by atoms with Crippen LogP contribution in [0.5, 0.6) is 0 Å². The molecule has 0 nitrogen and oxygen atoms in total. The van der Waals surface area contributed by atoms with E-state index >= 15 is 0 Å². The molecule has 0 unspecified atom stereocenters. The van der Waals surface area contributed by atoms with Gasteiger partial charge in [0.1, 0.15) is 0 Å². The first-order valence-electron chi connectivity index (χ1n) is 0. The molecule has 0 aromatic heterocycles. The maximum Gasteiger partial charge on any atom is 2.00 e. The Bertz CT molecular complexity index is 13.5. The van der Waals surface area contributed by atoms with Gasteiger partial charge in [-0.2, -0.15) is 0 Å². The molecular formula is H7BiPbSrTi. The van der Waals surface area contributed by atoms with E-state index in [-0.39, 0.29) is 124 Å². The van der Waals surface area contributed by atoms with Gasteiger partial charge in [0.2, 0.25) is 0 Å². The zero-order chi connectivity index (χ0) is 0. The van der Waals surface area contributed by atoms with Crippen LogP contribution in [0.3, 0.4) is 0 Å². The van der Waals surface area contributed by atoms with Crippen molar-refractivity contribution in [3.05, 3.63) is 0 Å². The summed E-state index contributed by atoms with van der Waals surface area (Å²) in [7, 11) is 0. The third-order valence-electron chi connectivity index (χ3n) is 0. The Morgan fingerprint density at radius 2 is 1.25 bits per heavy atom. The SMILES string of the molecule is [BiH3].[H-].[H-].[PbH2].[Sr+2].[Ti]. The molecule has 0 saturated carbocycles. The van der Waals surface area contributed by atoms with Crippen molar-refractivity contribution in [2.75, 3.05) is 0 Å². The first kappa shape index (κ1) is 24.5. The minimum Gasteiger partial charge on any atom is 0 e. The van der Waals surface area contributed by atoms with Crippen molar-refractivity contribution >= 4 is 99.0 Å². The van der Waals surface area contributed by atoms with E-state index in [0.29, 0.717) is 0 Å². The third kappa shape index (κ3) is 9.38. The smallest absolute Gasteiger partial charge is 0 e. The Morgan fingerprint density at radius 3 is 1.25 bits per heavy atom. The predicted molar refractivity (Wildman–Crippen MR) is 26.5 cm³/mol. The minimum atomic E-state index is 0. The molecule has 0 spiro atoms. The van der Waals surface area contributed by atoms with E-state index in [4.69, 9.17) is 0 Å². The Labute approximate surface area is 120 Å². The summed E-state index contributed by atoms with van der Waals surface area (Å²) in [5.41, 5.74) is 0. The van der Waals surface area contributed by atoms with Gasteiger partial charge in [-0.25, -0.2) is 0 Å². The number of hydrogen-bond donors (Lipinski definition) is 0. The molecule has 0 aliphatic rings. The summed E-state index contributed by atoms with van der Waals surface area (Å²) in [6.07, 6.45) is 0. The van der Waals surface area contributed by atoms with E-state index in [1.165, 1.54) is 0 Å². The van der Waals surface area contributed by atoms with Crippen LogP contribution in [0.4, 0.5) is 0 Å². The van der Waals surface area contributed by atoms with Crippen molar-refractivity contribution in [2.24, 2.45) is 0 Å². The first-order chi connectivity index (χ1) is 0. The standard InChI is InChI=1S/Bi.Pb.Sr.Ti.7H/q;;+2;;;;;;;2*-1. The van der Waals surface area contributed by atoms with Crippen LogP contribution in [0, 0.1) is 0 Å². The van der Waals surface area contributed by atoms with Crippen molar-refractivity contribution in [1.29, 1.82) is 0 Å². The normalized spacial score (nSPS) is 0. The van der Waals surface area contributed by atoms with Crippen LogP contribution in [0.15, 0.2) is 0 Å². The molecule has 22 valence electrons. The summed E-state index contributed by atoms with van der Waals surface area (Å²) < 4.78 is 0. The van der Waals surface area contributed by atoms with Crippen LogP contribution in [0.25, 0.3) is 0 Å². The fraction of sp³-hybridized carbons (Fsp3) is 0. The van der Waals surface area contributed by atoms with Gasteiger partial charge in [-0.15, -0.1) is 0 Å². The molecule has 4 heavy (non-hydrogen) atoms. The zero-order valence-electron chi connectivity index (χ0n) is 4.62. The molecule has 0 amide bonds. The maximum absolute atomic E-state index is 0. The molecule has 2 radical (unpaired) electrons. The van der Waals surface area contributed by atoms with Gasteiger partial charge < -0.3 is 2.85 Å². The number of rotatable bonds is 0. The molecule has 0 saturated heterocycles. The summed E-state index contributed by atoms with van der Waals surface area (Å²) in [5, 5.41) is 0. The molecule has 0 N–H and O–H groups in total. The predicted octanol–water partition coefficient (Wildman–Crippen LogP) is -2.26. The molecule has 0 aromatic carbocycles. The van der Waals surface area contributed by atoms with Gasteiger partial charge in [0, 0.05) is 21.7 Å². The fourth-order valence-electron chi connectivity index (χ4n) is 0. The van der Waals surface area contributed by atoms with E-state index in [2.05, 4.69) is 0 Å². The van der Waals surface area contributed by atoms with Crippen LogP contribution in [0.2, 0.25) is 0 Å². The van der Waals surface area contributed by atoms with Crippen molar-refractivity contribution in [1.82, 2.24) is 0 Å². The Morgan fingerprint density at radius 1 is 1.25 bits per heavy atom. The largest absolute Gasteiger partial charge is 2.00 e. The van der Waals surface area contributed by atoms with E-state index in [0.717, 1.165) is 0 Å². The molecule has 0 heterocycles. The average Bonchev–Trinajstić information content (AvgIpc) is 0. The van der Waals surface area contributed by atoms with Gasteiger partial charge >= 0.3 is 99.0 Å². The molecule has 0 atom stereocenters. The minimum absolute atomic E-state index is 0. The second-order valence-corrected chi connectivity index (χ2v) is 0. The molecule has 0 aliphatic heterocycles. The van der Waals surface area contributed by atoms with Gasteiger partial charge in [-0.05, 0) is 0 Å². The Balaban J connectivity index is 0. The molecule has 4 heteroatoms. The quantitative estimate of drug-likeness (QED) is 0.295. The van der Waals surface area contributed by atoms with Crippen molar-refractivity contribution < 1.29 is 24.6 Å². The van der Waals surface area contributed by atoms with Crippen LogP contribution in [-0.2, 0) is 21.7 Å². The molecular weight excluding hydrogens is 552 g/mol. The average molecular weight is 559 g/mol. The maximum atomic E-state index is 0. The van der Waals surface area contributed by atoms with Crippen LogP contribution < -0.4 is 0 Å². The van der Waals surface area contributed by atoms with Crippen molar-refractivity contribution in [3.8, 4) is 0 Å². The molecule has 0 fully saturated rings. The van der Waals surface area contributed by atoms with Crippen molar-refractivity contribution in [3.63, 3.8) is 0 Å². The van der Waals surface area contributed by atoms with Gasteiger partial charge in [0.25, 0.3) is 0 Å². The van der Waals surface area contributed by atoms with Gasteiger partial charge in [0.15, 0.2) is 0 Å². The van der Waals surface area contributed by atoms with Gasteiger partial charge in [-0.3, -0.25) is 0 Å². The van der Waals surface area contributed by atoms with E-state index in [9.17, 15) is 0 Å². The fourth-order valence-corrected chi connectivity index (χ4v) is 0. The second kappa shape index (κ2) is 15.8. The van der Waals surface area contributed by atoms with Gasteiger partial charge in [-0.1, -0.05) is 0 Å². The summed E-state index contributed by atoms with van der Waals surface area (Å²) in [6.45, 7) is 0. The third-order valence-corrected chi connectivity index (χ3v) is 0. The van der Waals surface area contributed by atoms with Crippen LogP contribution in [0.1, 0.15) is 2.85 Å². The number of hydrogen-bond acceptors (Lipinski definition) is 0. The Kier molecular flexibility index (Phi) is 96.5. The topological polar surface area (TPSA) is 0 Å². The van der Waals surface area contributed by atoms with E-state index in [1.807, 2.05) is 0 Å². The molecule has 0 aliphatic carbocycles. The summed E-state index contributed by atoms with van der Waals surface area (Å²) in [5.74, 6) is 0. The Hall–Kier alpha value is 4.00. The molecule has 0 rings (SSSR count). The second-order valence-electron chi connectivity index (χ2n) is 0. The molecule has 0 bridgehead atoms. The van der Waals surface area contributed by atoms with E-state index in [1.54, 1.807) is 0 Å². The summed E-state index contributed by atoms with van der Waals surface area (Å²) >= 11 is 0. The van der Waals surface area contributed by atoms with Gasteiger partial charge in [0.05, 0.1) is 0 Å². The van der Waals surface area contributed by atoms with Crippen LogP contribution in [-0.4, -0.2) is 99.0 Å². The monoisotopic (exact) mass is 560 g/mol. The first-order valence-corrected chi connectivity index (χ1v) is 0. The summed E-state index contributed by atoms with van der Waals surface area (Å²) in [6, 6.07) is 0. The van der Waals surface area contributed by atoms with Crippen molar-refractivity contribution in [2.45, 2.75) is 0 Å². The molecule has 0 aromatic rings.